The maximum Gasteiger partial charge on any atom is 0.410 e. The van der Waals surface area contributed by atoms with Crippen molar-refractivity contribution in [3.05, 3.63) is 0 Å². The lowest BCUT2D eigenvalue weighted by atomic mass is 10.0. The molecular weight excluding hydrogens is 250 g/mol. The van der Waals surface area contributed by atoms with Gasteiger partial charge in [0.2, 0.25) is 0 Å². The van der Waals surface area contributed by atoms with Gasteiger partial charge in [-0.05, 0) is 34.1 Å². The molecule has 1 heterocycles. The van der Waals surface area contributed by atoms with Gasteiger partial charge in [0, 0.05) is 13.0 Å². The molecule has 1 aliphatic rings. The molecule has 1 amide bonds. The van der Waals surface area contributed by atoms with E-state index in [1.807, 2.05) is 6.92 Å². The molecule has 0 spiro atoms. The zero-order valence-corrected chi connectivity index (χ0v) is 12.0. The Balaban J connectivity index is 2.70. The Hall–Kier alpha value is -1.30. The number of hydrogen-bond donors (Lipinski definition) is 1. The Morgan fingerprint density at radius 2 is 2.05 bits per heavy atom. The number of carbonyl (C=O) groups excluding carboxylic acids is 1. The number of ether oxygens (including phenoxy) is 2. The van der Waals surface area contributed by atoms with Crippen molar-refractivity contribution in [1.29, 1.82) is 0 Å². The predicted molar refractivity (Wildman–Crippen MR) is 69.0 cm³/mol. The normalized spacial score (nSPS) is 24.1. The molecule has 1 fully saturated rings. The van der Waals surface area contributed by atoms with Gasteiger partial charge in [-0.15, -0.1) is 0 Å². The van der Waals surface area contributed by atoms with Crippen LogP contribution in [0.2, 0.25) is 0 Å². The maximum atomic E-state index is 12.1. The summed E-state index contributed by atoms with van der Waals surface area (Å²) in [7, 11) is 0. The molecule has 1 aliphatic heterocycles. The number of nitrogens with zero attached hydrogens (tertiary/aromatic N) is 1. The minimum absolute atomic E-state index is 0.0116. The van der Waals surface area contributed by atoms with Gasteiger partial charge in [-0.1, -0.05) is 0 Å². The number of aliphatic carboxylic acids is 1. The van der Waals surface area contributed by atoms with E-state index in [0.29, 0.717) is 19.6 Å². The lowest BCUT2D eigenvalue weighted by Gasteiger charge is -2.40. The van der Waals surface area contributed by atoms with Gasteiger partial charge < -0.3 is 19.5 Å². The van der Waals surface area contributed by atoms with E-state index in [2.05, 4.69) is 0 Å². The first kappa shape index (κ1) is 15.8. The molecule has 19 heavy (non-hydrogen) atoms. The summed E-state index contributed by atoms with van der Waals surface area (Å²) in [6, 6.07) is -0.250. The Bertz CT molecular complexity index is 336. The molecule has 1 rings (SSSR count). The highest BCUT2D eigenvalue weighted by molar-refractivity contribution is 5.69. The van der Waals surface area contributed by atoms with Gasteiger partial charge in [0.15, 0.2) is 0 Å². The minimum atomic E-state index is -0.873. The zero-order valence-electron chi connectivity index (χ0n) is 12.0. The van der Waals surface area contributed by atoms with E-state index >= 15 is 0 Å². The topological polar surface area (TPSA) is 76.1 Å². The fraction of sp³-hybridized carbons (Fsp3) is 0.846. The number of carbonyl (C=O) groups is 2. The first-order chi connectivity index (χ1) is 8.70. The van der Waals surface area contributed by atoms with E-state index in [1.165, 1.54) is 0 Å². The van der Waals surface area contributed by atoms with Crippen LogP contribution in [0.4, 0.5) is 4.79 Å². The maximum absolute atomic E-state index is 12.1. The highest BCUT2D eigenvalue weighted by Crippen LogP contribution is 2.21. The van der Waals surface area contributed by atoms with Gasteiger partial charge >= 0.3 is 12.1 Å². The van der Waals surface area contributed by atoms with Crippen molar-refractivity contribution in [3.63, 3.8) is 0 Å². The Kier molecular flexibility index (Phi) is 5.17. The molecule has 110 valence electrons. The van der Waals surface area contributed by atoms with E-state index < -0.39 is 17.7 Å². The summed E-state index contributed by atoms with van der Waals surface area (Å²) in [5.41, 5.74) is -0.560. The number of morpholine rings is 1. The van der Waals surface area contributed by atoms with E-state index in [1.54, 1.807) is 25.7 Å². The Morgan fingerprint density at radius 1 is 1.42 bits per heavy atom. The van der Waals surface area contributed by atoms with Gasteiger partial charge in [-0.3, -0.25) is 4.79 Å². The second kappa shape index (κ2) is 6.23. The van der Waals surface area contributed by atoms with Crippen LogP contribution < -0.4 is 0 Å². The summed E-state index contributed by atoms with van der Waals surface area (Å²) in [4.78, 5) is 24.4. The molecule has 6 nitrogen and oxygen atoms in total. The van der Waals surface area contributed by atoms with Crippen LogP contribution in [0.1, 0.15) is 40.5 Å². The largest absolute Gasteiger partial charge is 0.481 e. The number of carboxylic acid groups (broad SMARTS) is 1. The summed E-state index contributed by atoms with van der Waals surface area (Å²) < 4.78 is 10.8. The smallest absolute Gasteiger partial charge is 0.410 e. The molecular formula is C13H23NO5. The fourth-order valence-corrected chi connectivity index (χ4v) is 2.08. The van der Waals surface area contributed by atoms with E-state index in [0.717, 1.165) is 0 Å². The Morgan fingerprint density at radius 3 is 2.58 bits per heavy atom. The van der Waals surface area contributed by atoms with Crippen LogP contribution >= 0.6 is 0 Å². The van der Waals surface area contributed by atoms with Crippen LogP contribution in [0.3, 0.4) is 0 Å². The molecule has 0 saturated carbocycles. The molecule has 1 saturated heterocycles. The van der Waals surface area contributed by atoms with Gasteiger partial charge in [-0.2, -0.15) is 0 Å². The fourth-order valence-electron chi connectivity index (χ4n) is 2.08. The summed E-state index contributed by atoms with van der Waals surface area (Å²) >= 11 is 0. The van der Waals surface area contributed by atoms with Crippen molar-refractivity contribution in [2.45, 2.75) is 58.3 Å². The average molecular weight is 273 g/mol. The molecule has 0 unspecified atom stereocenters. The van der Waals surface area contributed by atoms with Gasteiger partial charge in [0.25, 0.3) is 0 Å². The molecule has 1 N–H and O–H groups in total. The number of amides is 1. The summed E-state index contributed by atoms with van der Waals surface area (Å²) in [6.45, 7) is 8.15. The third kappa shape index (κ3) is 5.06. The average Bonchev–Trinajstić information content (AvgIpc) is 2.24. The predicted octanol–water partition coefficient (Wildman–Crippen LogP) is 1.88. The third-order valence-corrected chi connectivity index (χ3v) is 2.94. The molecule has 0 aliphatic carbocycles. The van der Waals surface area contributed by atoms with Crippen LogP contribution in [0.5, 0.6) is 0 Å². The second-order valence-corrected chi connectivity index (χ2v) is 5.75. The Labute approximate surface area is 113 Å². The molecule has 0 radical (unpaired) electrons. The number of carboxylic acids is 1. The van der Waals surface area contributed by atoms with Crippen LogP contribution in [-0.4, -0.2) is 53.0 Å². The van der Waals surface area contributed by atoms with E-state index in [4.69, 9.17) is 14.6 Å². The SMILES string of the molecule is C[C@H]1OCCN(C(=O)OC(C)(C)C)[C@@H]1CCC(=O)O. The van der Waals surface area contributed by atoms with Gasteiger partial charge in [0.1, 0.15) is 5.60 Å². The second-order valence-electron chi connectivity index (χ2n) is 5.75. The van der Waals surface area contributed by atoms with E-state index in [-0.39, 0.29) is 18.6 Å². The van der Waals surface area contributed by atoms with Crippen molar-refractivity contribution in [2.24, 2.45) is 0 Å². The molecule has 0 aromatic heterocycles. The number of rotatable bonds is 3. The molecule has 2 atom stereocenters. The summed E-state index contributed by atoms with van der Waals surface area (Å²) in [5, 5.41) is 8.77. The lowest BCUT2D eigenvalue weighted by Crippen LogP contribution is -2.54. The van der Waals surface area contributed by atoms with E-state index in [9.17, 15) is 9.59 Å². The zero-order chi connectivity index (χ0) is 14.6. The molecule has 0 aromatic rings. The summed E-state index contributed by atoms with van der Waals surface area (Å²) in [6.07, 6.45) is -0.202. The molecule has 0 aromatic carbocycles. The van der Waals surface area contributed by atoms with Gasteiger partial charge in [0.05, 0.1) is 18.8 Å². The standard InChI is InChI=1S/C13H23NO5/c1-9-10(5-6-11(15)16)14(7-8-18-9)12(17)19-13(2,3)4/h9-10H,5-8H2,1-4H3,(H,15,16)/t9-,10-/m1/s1. The third-order valence-electron chi connectivity index (χ3n) is 2.94. The van der Waals surface area contributed by atoms with Crippen LogP contribution in [0.15, 0.2) is 0 Å². The highest BCUT2D eigenvalue weighted by Gasteiger charge is 2.35. The van der Waals surface area contributed by atoms with Crippen molar-refractivity contribution >= 4 is 12.1 Å². The lowest BCUT2D eigenvalue weighted by molar-refractivity contribution is -0.138. The van der Waals surface area contributed by atoms with Gasteiger partial charge in [-0.25, -0.2) is 4.79 Å². The first-order valence-corrected chi connectivity index (χ1v) is 6.53. The highest BCUT2D eigenvalue weighted by atomic mass is 16.6. The van der Waals surface area contributed by atoms with Crippen LogP contribution in [-0.2, 0) is 14.3 Å². The summed E-state index contributed by atoms with van der Waals surface area (Å²) in [5.74, 6) is -0.873. The monoisotopic (exact) mass is 273 g/mol. The quantitative estimate of drug-likeness (QED) is 0.849. The van der Waals surface area contributed by atoms with Crippen molar-refractivity contribution in [3.8, 4) is 0 Å². The van der Waals surface area contributed by atoms with Crippen LogP contribution in [0, 0.1) is 0 Å². The van der Waals surface area contributed by atoms with Crippen molar-refractivity contribution < 1.29 is 24.2 Å². The number of hydrogen-bond acceptors (Lipinski definition) is 4. The molecule has 0 bridgehead atoms. The van der Waals surface area contributed by atoms with Crippen LogP contribution in [0.25, 0.3) is 0 Å². The van der Waals surface area contributed by atoms with Crippen molar-refractivity contribution in [1.82, 2.24) is 4.90 Å². The minimum Gasteiger partial charge on any atom is -0.481 e. The first-order valence-electron chi connectivity index (χ1n) is 6.53. The molecule has 6 heteroatoms. The van der Waals surface area contributed by atoms with Crippen molar-refractivity contribution in [2.75, 3.05) is 13.2 Å².